The standard InChI is InChI=1S/C39H47IN8O6/c1-22(2)32(45-38(51)53-5)36(49)47-18-6-8-30(47)34-41-20-28(43-34)26-14-10-24(11-15-26)25-12-16-27(17-13-25)29-21-42-35(44-29)31-9-7-19-48(31)37(50)33(23(3)4)46-39(52)54-40/h10-17,20-23,30-33H,6-9,18-19H2,1-5H3,(H,41,43)(H,42,44)(H,45,51)(H,46,52)/t30-,31-,32-,33-/m0/s1. The first-order chi connectivity index (χ1) is 26.0. The summed E-state index contributed by atoms with van der Waals surface area (Å²) in [5.41, 5.74) is 5.77. The number of nitrogens with one attached hydrogen (secondary N) is 4. The molecule has 14 nitrogen and oxygen atoms in total. The van der Waals surface area contributed by atoms with Gasteiger partial charge in [-0.2, -0.15) is 0 Å². The molecular formula is C39H47IN8O6. The van der Waals surface area contributed by atoms with Crippen LogP contribution in [0, 0.1) is 11.8 Å². The maximum Gasteiger partial charge on any atom is 0.417 e. The molecule has 4 aromatic rings. The van der Waals surface area contributed by atoms with Gasteiger partial charge in [0, 0.05) is 13.1 Å². The number of aromatic nitrogens is 4. The fourth-order valence-electron chi connectivity index (χ4n) is 7.34. The van der Waals surface area contributed by atoms with Crippen LogP contribution in [0.15, 0.2) is 60.9 Å². The van der Waals surface area contributed by atoms with Crippen molar-refractivity contribution in [2.24, 2.45) is 11.8 Å². The zero-order valence-corrected chi connectivity index (χ0v) is 33.3. The summed E-state index contributed by atoms with van der Waals surface area (Å²) in [7, 11) is 1.29. The fourth-order valence-corrected chi connectivity index (χ4v) is 7.47. The molecule has 2 saturated heterocycles. The number of amides is 4. The van der Waals surface area contributed by atoms with E-state index in [4.69, 9.17) is 7.80 Å². The number of carbonyl (C=O) groups is 4. The van der Waals surface area contributed by atoms with Gasteiger partial charge in [0.25, 0.3) is 0 Å². The minimum Gasteiger partial charge on any atom is -0.453 e. The van der Waals surface area contributed by atoms with Gasteiger partial charge in [-0.1, -0.05) is 76.2 Å². The molecule has 2 aromatic carbocycles. The second-order valence-electron chi connectivity index (χ2n) is 14.5. The lowest BCUT2D eigenvalue weighted by atomic mass is 10.0. The van der Waals surface area contributed by atoms with Crippen LogP contribution in [0.3, 0.4) is 0 Å². The van der Waals surface area contributed by atoms with Crippen molar-refractivity contribution in [3.8, 4) is 33.6 Å². The van der Waals surface area contributed by atoms with Crippen molar-refractivity contribution < 1.29 is 27.0 Å². The lowest BCUT2D eigenvalue weighted by Crippen LogP contribution is -2.51. The monoisotopic (exact) mass is 850 g/mol. The average molecular weight is 851 g/mol. The van der Waals surface area contributed by atoms with Gasteiger partial charge in [0.05, 0.1) is 43.0 Å². The van der Waals surface area contributed by atoms with Crippen molar-refractivity contribution >= 4 is 47.0 Å². The van der Waals surface area contributed by atoms with Crippen molar-refractivity contribution in [1.29, 1.82) is 0 Å². The Kier molecular flexibility index (Phi) is 12.2. The number of benzene rings is 2. The zero-order valence-electron chi connectivity index (χ0n) is 31.1. The molecule has 4 amide bonds. The number of methoxy groups -OCH3 is 1. The minimum absolute atomic E-state index is 0.104. The van der Waals surface area contributed by atoms with E-state index in [0.717, 1.165) is 71.0 Å². The summed E-state index contributed by atoms with van der Waals surface area (Å²) in [6.07, 6.45) is 5.59. The van der Waals surface area contributed by atoms with Gasteiger partial charge in [-0.3, -0.25) is 9.59 Å². The van der Waals surface area contributed by atoms with Crippen molar-refractivity contribution in [2.45, 2.75) is 77.5 Å². The van der Waals surface area contributed by atoms with Gasteiger partial charge >= 0.3 is 12.2 Å². The molecule has 0 bridgehead atoms. The second-order valence-corrected chi connectivity index (χ2v) is 14.9. The van der Waals surface area contributed by atoms with Crippen molar-refractivity contribution in [1.82, 2.24) is 40.4 Å². The third-order valence-corrected chi connectivity index (χ3v) is 10.7. The summed E-state index contributed by atoms with van der Waals surface area (Å²) in [4.78, 5) is 70.7. The molecule has 4 heterocycles. The summed E-state index contributed by atoms with van der Waals surface area (Å²) in [5.74, 6) is 0.947. The first kappa shape index (κ1) is 38.8. The maximum absolute atomic E-state index is 13.5. The van der Waals surface area contributed by atoms with E-state index < -0.39 is 24.3 Å². The topological polar surface area (TPSA) is 175 Å². The number of hydrogen-bond donors (Lipinski definition) is 4. The van der Waals surface area contributed by atoms with Crippen LogP contribution in [0.25, 0.3) is 33.6 Å². The molecular weight excluding hydrogens is 803 g/mol. The molecule has 0 spiro atoms. The van der Waals surface area contributed by atoms with Crippen molar-refractivity contribution in [2.75, 3.05) is 20.2 Å². The third-order valence-electron chi connectivity index (χ3n) is 10.3. The van der Waals surface area contributed by atoms with Crippen LogP contribution in [-0.2, 0) is 17.4 Å². The Morgan fingerprint density at radius 1 is 0.685 bits per heavy atom. The molecule has 0 radical (unpaired) electrons. The van der Waals surface area contributed by atoms with Crippen LogP contribution in [0.2, 0.25) is 0 Å². The van der Waals surface area contributed by atoms with E-state index in [1.54, 1.807) is 22.2 Å². The second kappa shape index (κ2) is 17.0. The SMILES string of the molecule is COC(=O)N[C@H](C(=O)N1CCC[C@H]1c1ncc(-c2ccc(-c3ccc(-c4cnc([C@@H]5CCCN5C(=O)[C@@H](NC(=O)OI)C(C)C)[nH]4)cc3)cc2)[nH]1)C(C)C. The number of imidazole rings is 2. The molecule has 2 aromatic heterocycles. The molecule has 0 saturated carbocycles. The molecule has 2 aliphatic heterocycles. The maximum atomic E-state index is 13.5. The van der Waals surface area contributed by atoms with E-state index in [1.165, 1.54) is 30.1 Å². The van der Waals surface area contributed by atoms with Crippen LogP contribution in [0.1, 0.15) is 77.1 Å². The smallest absolute Gasteiger partial charge is 0.417 e. The number of H-pyrrole nitrogens is 2. The highest BCUT2D eigenvalue weighted by molar-refractivity contribution is 14.1. The molecule has 4 atom stereocenters. The van der Waals surface area contributed by atoms with E-state index in [-0.39, 0.29) is 35.7 Å². The Morgan fingerprint density at radius 2 is 1.07 bits per heavy atom. The largest absolute Gasteiger partial charge is 0.453 e. The number of likely N-dealkylation sites (tertiary alicyclic amines) is 2. The Bertz CT molecular complexity index is 1800. The number of hydrogen-bond acceptors (Lipinski definition) is 8. The Morgan fingerprint density at radius 3 is 1.44 bits per heavy atom. The van der Waals surface area contributed by atoms with E-state index in [1.807, 2.05) is 52.0 Å². The molecule has 0 unspecified atom stereocenters. The van der Waals surface area contributed by atoms with E-state index in [9.17, 15) is 19.2 Å². The highest BCUT2D eigenvalue weighted by Crippen LogP contribution is 2.35. The van der Waals surface area contributed by atoms with Gasteiger partial charge in [-0.25, -0.2) is 19.6 Å². The summed E-state index contributed by atoms with van der Waals surface area (Å²) in [6.45, 7) is 8.78. The van der Waals surface area contributed by atoms with Crippen LogP contribution in [-0.4, -0.2) is 86.0 Å². The molecule has 4 N–H and O–H groups in total. The lowest BCUT2D eigenvalue weighted by Gasteiger charge is -2.30. The fraction of sp³-hybridized carbons (Fsp3) is 0.436. The minimum atomic E-state index is -0.692. The molecule has 6 rings (SSSR count). The Balaban J connectivity index is 1.11. The zero-order chi connectivity index (χ0) is 38.5. The van der Waals surface area contributed by atoms with Gasteiger partial charge in [0.1, 0.15) is 23.7 Å². The summed E-state index contributed by atoms with van der Waals surface area (Å²) in [6, 6.07) is 14.7. The number of ether oxygens (including phenoxy) is 1. The number of carbonyl (C=O) groups excluding carboxylic acids is 4. The lowest BCUT2D eigenvalue weighted by molar-refractivity contribution is -0.136. The third kappa shape index (κ3) is 8.40. The highest BCUT2D eigenvalue weighted by atomic mass is 127. The first-order valence-electron chi connectivity index (χ1n) is 18.3. The van der Waals surface area contributed by atoms with Crippen molar-refractivity contribution in [3.63, 3.8) is 0 Å². The summed E-state index contributed by atoms with van der Waals surface area (Å²) in [5, 5.41) is 5.38. The number of aromatic amines is 2. The van der Waals surface area contributed by atoms with Crippen LogP contribution < -0.4 is 10.6 Å². The van der Waals surface area contributed by atoms with Gasteiger partial charge in [-0.05, 0) is 59.8 Å². The van der Waals surface area contributed by atoms with Gasteiger partial charge in [0.15, 0.2) is 23.0 Å². The van der Waals surface area contributed by atoms with Gasteiger partial charge in [-0.15, -0.1) is 0 Å². The summed E-state index contributed by atoms with van der Waals surface area (Å²) >= 11 is 1.51. The van der Waals surface area contributed by atoms with E-state index in [2.05, 4.69) is 54.8 Å². The first-order valence-corrected chi connectivity index (χ1v) is 19.2. The molecule has 0 aliphatic carbocycles. The molecule has 2 aliphatic rings. The highest BCUT2D eigenvalue weighted by Gasteiger charge is 2.39. The molecule has 286 valence electrons. The predicted octanol–water partition coefficient (Wildman–Crippen LogP) is 6.94. The normalized spacial score (nSPS) is 18.1. The van der Waals surface area contributed by atoms with Gasteiger partial charge < -0.3 is 38.2 Å². The molecule has 15 heteroatoms. The number of alkyl carbamates (subject to hydrolysis) is 1. The van der Waals surface area contributed by atoms with Crippen molar-refractivity contribution in [3.05, 3.63) is 72.6 Å². The summed E-state index contributed by atoms with van der Waals surface area (Å²) < 4.78 is 9.47. The molecule has 2 fully saturated rings. The van der Waals surface area contributed by atoms with Crippen LogP contribution >= 0.6 is 23.0 Å². The average Bonchev–Trinajstić information content (AvgIpc) is 4.02. The van der Waals surface area contributed by atoms with E-state index >= 15 is 0 Å². The number of rotatable bonds is 11. The Hall–Kier alpha value is -4.93. The van der Waals surface area contributed by atoms with Crippen LogP contribution in [0.5, 0.6) is 0 Å². The number of halogens is 1. The Labute approximate surface area is 328 Å². The predicted molar refractivity (Wildman–Crippen MR) is 211 cm³/mol. The number of nitrogens with zero attached hydrogens (tertiary/aromatic N) is 4. The van der Waals surface area contributed by atoms with Crippen LogP contribution in [0.4, 0.5) is 9.59 Å². The van der Waals surface area contributed by atoms with Gasteiger partial charge in [0.2, 0.25) is 11.8 Å². The van der Waals surface area contributed by atoms with E-state index in [0.29, 0.717) is 13.1 Å². The molecule has 54 heavy (non-hydrogen) atoms. The quantitative estimate of drug-likeness (QED) is 0.117.